The van der Waals surface area contributed by atoms with Gasteiger partial charge in [-0.25, -0.2) is 9.78 Å². The van der Waals surface area contributed by atoms with Gasteiger partial charge in [-0.1, -0.05) is 19.1 Å². The Balaban J connectivity index is 1.99. The Morgan fingerprint density at radius 1 is 1.38 bits per heavy atom. The molecular formula is C14H19N5OS. The second-order valence-corrected chi connectivity index (χ2v) is 5.38. The molecule has 2 rings (SSSR count). The largest absolute Gasteiger partial charge is 0.325 e. The second kappa shape index (κ2) is 7.14. The van der Waals surface area contributed by atoms with Crippen molar-refractivity contribution in [3.63, 3.8) is 0 Å². The van der Waals surface area contributed by atoms with Crippen molar-refractivity contribution in [2.24, 2.45) is 0 Å². The van der Waals surface area contributed by atoms with Crippen LogP contribution in [0.15, 0.2) is 24.3 Å². The van der Waals surface area contributed by atoms with Crippen LogP contribution >= 0.6 is 11.5 Å². The van der Waals surface area contributed by atoms with E-state index in [-0.39, 0.29) is 12.1 Å². The van der Waals surface area contributed by atoms with Crippen molar-refractivity contribution in [1.82, 2.24) is 14.7 Å². The molecule has 0 radical (unpaired) electrons. The molecule has 0 aliphatic carbocycles. The van der Waals surface area contributed by atoms with Crippen molar-refractivity contribution in [3.05, 3.63) is 35.7 Å². The van der Waals surface area contributed by atoms with E-state index >= 15 is 0 Å². The van der Waals surface area contributed by atoms with E-state index in [2.05, 4.69) is 39.2 Å². The first-order valence-electron chi connectivity index (χ1n) is 6.80. The summed E-state index contributed by atoms with van der Waals surface area (Å²) >= 11 is 1.16. The highest BCUT2D eigenvalue weighted by Crippen LogP contribution is 2.18. The van der Waals surface area contributed by atoms with Crippen molar-refractivity contribution in [2.75, 3.05) is 17.2 Å². The Bertz CT molecular complexity index is 613. The van der Waals surface area contributed by atoms with Crippen LogP contribution in [0.3, 0.4) is 0 Å². The van der Waals surface area contributed by atoms with Crippen LogP contribution in [0, 0.1) is 6.92 Å². The molecular weight excluding hydrogens is 286 g/mol. The van der Waals surface area contributed by atoms with Crippen molar-refractivity contribution >= 4 is 28.4 Å². The van der Waals surface area contributed by atoms with Crippen LogP contribution in [0.5, 0.6) is 0 Å². The predicted molar refractivity (Wildman–Crippen MR) is 85.8 cm³/mol. The zero-order valence-electron chi connectivity index (χ0n) is 12.3. The summed E-state index contributed by atoms with van der Waals surface area (Å²) in [7, 11) is 0. The number of anilines is 2. The second-order valence-electron chi connectivity index (χ2n) is 4.63. The van der Waals surface area contributed by atoms with E-state index in [0.717, 1.165) is 29.3 Å². The van der Waals surface area contributed by atoms with Gasteiger partial charge in [0.15, 0.2) is 0 Å². The number of amides is 2. The van der Waals surface area contributed by atoms with Gasteiger partial charge in [0.2, 0.25) is 5.13 Å². The molecule has 1 atom stereocenters. The molecule has 1 heterocycles. The summed E-state index contributed by atoms with van der Waals surface area (Å²) in [4.78, 5) is 16.0. The summed E-state index contributed by atoms with van der Waals surface area (Å²) < 4.78 is 4.01. The van der Waals surface area contributed by atoms with Gasteiger partial charge in [-0.2, -0.15) is 4.37 Å². The fourth-order valence-corrected chi connectivity index (χ4v) is 2.49. The highest BCUT2D eigenvalue weighted by Gasteiger charge is 2.08. The molecule has 0 spiro atoms. The summed E-state index contributed by atoms with van der Waals surface area (Å²) in [6, 6.07) is 7.69. The van der Waals surface area contributed by atoms with Crippen molar-refractivity contribution < 1.29 is 4.79 Å². The molecule has 0 saturated carbocycles. The van der Waals surface area contributed by atoms with Gasteiger partial charge in [-0.05, 0) is 38.1 Å². The number of hydrogen-bond donors (Lipinski definition) is 3. The number of rotatable bonds is 5. The fourth-order valence-electron chi connectivity index (χ4n) is 1.92. The van der Waals surface area contributed by atoms with E-state index in [0.29, 0.717) is 11.0 Å². The fraction of sp³-hybridized carbons (Fsp3) is 0.357. The summed E-state index contributed by atoms with van der Waals surface area (Å²) in [5.41, 5.74) is 1.87. The van der Waals surface area contributed by atoms with E-state index in [9.17, 15) is 4.79 Å². The van der Waals surface area contributed by atoms with E-state index in [4.69, 9.17) is 0 Å². The molecule has 7 heteroatoms. The molecule has 0 fully saturated rings. The third-order valence-corrected chi connectivity index (χ3v) is 3.62. The van der Waals surface area contributed by atoms with Crippen molar-refractivity contribution in [2.45, 2.75) is 26.8 Å². The summed E-state index contributed by atoms with van der Waals surface area (Å²) in [5.74, 6) is 0.650. The van der Waals surface area contributed by atoms with E-state index in [1.807, 2.05) is 24.3 Å². The molecule has 112 valence electrons. The Hall–Kier alpha value is -1.99. The molecule has 0 aliphatic rings. The van der Waals surface area contributed by atoms with Gasteiger partial charge >= 0.3 is 6.03 Å². The lowest BCUT2D eigenvalue weighted by Gasteiger charge is -2.14. The highest BCUT2D eigenvalue weighted by molar-refractivity contribution is 7.09. The number of carbonyl (C=O) groups is 1. The third-order valence-electron chi connectivity index (χ3n) is 2.90. The molecule has 3 N–H and O–H groups in total. The predicted octanol–water partition coefficient (Wildman–Crippen LogP) is 3.16. The lowest BCUT2D eigenvalue weighted by atomic mass is 10.1. The topological polar surface area (TPSA) is 78.9 Å². The molecule has 2 amide bonds. The summed E-state index contributed by atoms with van der Waals surface area (Å²) in [6.45, 7) is 6.84. The first-order valence-corrected chi connectivity index (χ1v) is 7.57. The minimum Gasteiger partial charge on any atom is -0.310 e. The summed E-state index contributed by atoms with van der Waals surface area (Å²) in [6.07, 6.45) is 0. The lowest BCUT2D eigenvalue weighted by Crippen LogP contribution is -2.20. The number of nitrogens with zero attached hydrogens (tertiary/aromatic N) is 2. The molecule has 1 aromatic carbocycles. The Morgan fingerprint density at radius 2 is 2.19 bits per heavy atom. The van der Waals surface area contributed by atoms with Gasteiger partial charge in [-0.15, -0.1) is 0 Å². The number of nitrogens with one attached hydrogen (secondary N) is 3. The number of aryl methyl sites for hydroxylation is 1. The van der Waals surface area contributed by atoms with Gasteiger partial charge in [0.1, 0.15) is 5.82 Å². The zero-order chi connectivity index (χ0) is 15.2. The van der Waals surface area contributed by atoms with E-state index in [1.54, 1.807) is 6.92 Å². The van der Waals surface area contributed by atoms with Gasteiger partial charge < -0.3 is 10.6 Å². The standard InChI is InChI=1S/C14H19N5OS/c1-4-15-9(2)11-6-5-7-12(8-11)17-13(20)18-14-16-10(3)19-21-14/h5-9,15H,4H2,1-3H3,(H2,16,17,18,19,20). The number of carbonyl (C=O) groups excluding carboxylic acids is 1. The monoisotopic (exact) mass is 305 g/mol. The minimum absolute atomic E-state index is 0.241. The normalized spacial score (nSPS) is 12.0. The van der Waals surface area contributed by atoms with Gasteiger partial charge in [0.05, 0.1) is 0 Å². The maximum absolute atomic E-state index is 11.9. The minimum atomic E-state index is -0.320. The van der Waals surface area contributed by atoms with Crippen molar-refractivity contribution in [3.8, 4) is 0 Å². The highest BCUT2D eigenvalue weighted by atomic mass is 32.1. The van der Waals surface area contributed by atoms with E-state index in [1.165, 1.54) is 0 Å². The lowest BCUT2D eigenvalue weighted by molar-refractivity contribution is 0.262. The molecule has 0 saturated heterocycles. The van der Waals surface area contributed by atoms with Crippen LogP contribution in [-0.2, 0) is 0 Å². The van der Waals surface area contributed by atoms with Gasteiger partial charge in [0, 0.05) is 23.3 Å². The molecule has 2 aromatic rings. The Kier molecular flexibility index (Phi) is 5.24. The van der Waals surface area contributed by atoms with Crippen LogP contribution in [0.2, 0.25) is 0 Å². The maximum atomic E-state index is 11.9. The smallest absolute Gasteiger partial charge is 0.310 e. The molecule has 21 heavy (non-hydrogen) atoms. The maximum Gasteiger partial charge on any atom is 0.325 e. The quantitative estimate of drug-likeness (QED) is 0.793. The molecule has 1 aromatic heterocycles. The first-order chi connectivity index (χ1) is 10.1. The van der Waals surface area contributed by atoms with Crippen LogP contribution < -0.4 is 16.0 Å². The Labute approximate surface area is 128 Å². The Morgan fingerprint density at radius 3 is 2.86 bits per heavy atom. The van der Waals surface area contributed by atoms with Crippen LogP contribution in [0.4, 0.5) is 15.6 Å². The number of hydrogen-bond acceptors (Lipinski definition) is 5. The van der Waals surface area contributed by atoms with Crippen molar-refractivity contribution in [1.29, 1.82) is 0 Å². The number of benzene rings is 1. The molecule has 6 nitrogen and oxygen atoms in total. The van der Waals surface area contributed by atoms with Crippen LogP contribution in [0.25, 0.3) is 0 Å². The average molecular weight is 305 g/mol. The zero-order valence-corrected chi connectivity index (χ0v) is 13.1. The SMILES string of the molecule is CCNC(C)c1cccc(NC(=O)Nc2nc(C)ns2)c1. The third kappa shape index (κ3) is 4.51. The van der Waals surface area contributed by atoms with Crippen LogP contribution in [-0.4, -0.2) is 21.9 Å². The molecule has 0 bridgehead atoms. The number of urea groups is 1. The molecule has 0 aliphatic heterocycles. The first kappa shape index (κ1) is 15.4. The average Bonchev–Trinajstić information content (AvgIpc) is 2.84. The van der Waals surface area contributed by atoms with Gasteiger partial charge in [0.25, 0.3) is 0 Å². The summed E-state index contributed by atoms with van der Waals surface area (Å²) in [5, 5.41) is 9.29. The van der Waals surface area contributed by atoms with E-state index < -0.39 is 0 Å². The van der Waals surface area contributed by atoms with Gasteiger partial charge in [-0.3, -0.25) is 5.32 Å². The number of aromatic nitrogens is 2. The molecule has 1 unspecified atom stereocenters. The van der Waals surface area contributed by atoms with Crippen LogP contribution in [0.1, 0.15) is 31.3 Å².